The molecule has 1 aromatic rings. The van der Waals surface area contributed by atoms with Crippen molar-refractivity contribution < 1.29 is 19.6 Å². The lowest BCUT2D eigenvalue weighted by Crippen LogP contribution is -2.51. The number of nitro groups is 1. The lowest BCUT2D eigenvalue weighted by atomic mass is 10.1. The average Bonchev–Trinajstić information content (AvgIpc) is 3.08. The van der Waals surface area contributed by atoms with E-state index in [1.165, 1.54) is 11.1 Å². The molecule has 1 amide bonds. The smallest absolute Gasteiger partial charge is 0.415 e. The van der Waals surface area contributed by atoms with Gasteiger partial charge in [0.05, 0.1) is 6.54 Å². The van der Waals surface area contributed by atoms with Gasteiger partial charge in [-0.15, -0.1) is 0 Å². The maximum atomic E-state index is 10.9. The number of carbonyl (C=O) groups is 1. The zero-order valence-electron chi connectivity index (χ0n) is 15.0. The van der Waals surface area contributed by atoms with Crippen LogP contribution in [-0.2, 0) is 6.54 Å². The second-order valence-corrected chi connectivity index (χ2v) is 7.17. The molecule has 3 rings (SSSR count). The molecule has 144 valence electrons. The molecule has 0 radical (unpaired) electrons. The first-order valence-corrected chi connectivity index (χ1v) is 8.55. The monoisotopic (exact) mass is 368 g/mol. The van der Waals surface area contributed by atoms with Crippen molar-refractivity contribution in [3.63, 3.8) is 0 Å². The fourth-order valence-corrected chi connectivity index (χ4v) is 3.49. The molecular formula is C15H24N6O5. The van der Waals surface area contributed by atoms with E-state index in [1.54, 1.807) is 4.57 Å². The van der Waals surface area contributed by atoms with Crippen LogP contribution in [0.4, 0.5) is 10.6 Å². The molecule has 3 heterocycles. The van der Waals surface area contributed by atoms with E-state index in [4.69, 9.17) is 9.84 Å². The summed E-state index contributed by atoms with van der Waals surface area (Å²) in [6, 6.07) is 0.289. The van der Waals surface area contributed by atoms with Crippen LogP contribution in [0.15, 0.2) is 6.20 Å². The third-order valence-electron chi connectivity index (χ3n) is 4.80. The van der Waals surface area contributed by atoms with Crippen LogP contribution in [-0.4, -0.2) is 98.8 Å². The minimum Gasteiger partial charge on any atom is -0.465 e. The third kappa shape index (κ3) is 4.05. The van der Waals surface area contributed by atoms with Crippen LogP contribution >= 0.6 is 0 Å². The summed E-state index contributed by atoms with van der Waals surface area (Å²) >= 11 is 0. The third-order valence-corrected chi connectivity index (χ3v) is 4.80. The topological polar surface area (TPSA) is 117 Å². The molecule has 26 heavy (non-hydrogen) atoms. The minimum absolute atomic E-state index is 0.198. The van der Waals surface area contributed by atoms with Gasteiger partial charge in [0.2, 0.25) is 0 Å². The molecule has 0 saturated carbocycles. The Balaban J connectivity index is 1.44. The summed E-state index contributed by atoms with van der Waals surface area (Å²) in [5.74, 6) is -0.198. The molecule has 1 unspecified atom stereocenters. The van der Waals surface area contributed by atoms with Crippen LogP contribution < -0.4 is 4.74 Å². The van der Waals surface area contributed by atoms with E-state index in [-0.39, 0.29) is 11.8 Å². The van der Waals surface area contributed by atoms with Gasteiger partial charge in [0.1, 0.15) is 11.8 Å². The first-order valence-electron chi connectivity index (χ1n) is 8.55. The number of rotatable bonds is 6. The van der Waals surface area contributed by atoms with Gasteiger partial charge in [-0.05, 0) is 18.9 Å². The summed E-state index contributed by atoms with van der Waals surface area (Å²) in [7, 11) is 2.01. The Morgan fingerprint density at radius 3 is 2.73 bits per heavy atom. The number of piperazine rings is 1. The summed E-state index contributed by atoms with van der Waals surface area (Å²) in [6.45, 7) is 7.41. The van der Waals surface area contributed by atoms with Crippen molar-refractivity contribution in [1.82, 2.24) is 24.3 Å². The Hall–Kier alpha value is -2.40. The molecule has 1 aromatic heterocycles. The number of nitrogens with zero attached hydrogens (tertiary/aromatic N) is 6. The van der Waals surface area contributed by atoms with Gasteiger partial charge < -0.3 is 29.8 Å². The maximum Gasteiger partial charge on any atom is 0.415 e. The summed E-state index contributed by atoms with van der Waals surface area (Å²) in [5, 5.41) is 19.7. The van der Waals surface area contributed by atoms with Crippen molar-refractivity contribution in [1.29, 1.82) is 0 Å². The average molecular weight is 368 g/mol. The number of hydrogen-bond acceptors (Lipinski definition) is 7. The number of amides is 1. The Morgan fingerprint density at radius 1 is 1.46 bits per heavy atom. The van der Waals surface area contributed by atoms with Gasteiger partial charge in [-0.3, -0.25) is 9.47 Å². The maximum absolute atomic E-state index is 10.9. The van der Waals surface area contributed by atoms with Gasteiger partial charge in [0.15, 0.2) is 0 Å². The van der Waals surface area contributed by atoms with Crippen molar-refractivity contribution in [2.75, 3.05) is 52.9 Å². The highest BCUT2D eigenvalue weighted by Gasteiger charge is 2.41. The van der Waals surface area contributed by atoms with Crippen LogP contribution in [0.2, 0.25) is 0 Å². The Kier molecular flexibility index (Phi) is 5.01. The number of ether oxygens (including phenoxy) is 1. The molecule has 1 N–H and O–H groups in total. The highest BCUT2D eigenvalue weighted by atomic mass is 16.6. The van der Waals surface area contributed by atoms with Gasteiger partial charge in [0.25, 0.3) is 0 Å². The van der Waals surface area contributed by atoms with Crippen molar-refractivity contribution in [2.45, 2.75) is 19.1 Å². The summed E-state index contributed by atoms with van der Waals surface area (Å²) < 4.78 is 7.53. The number of imidazole rings is 1. The van der Waals surface area contributed by atoms with E-state index in [2.05, 4.69) is 14.8 Å². The van der Waals surface area contributed by atoms with E-state index in [0.717, 1.165) is 26.2 Å². The number of hydrogen-bond donors (Lipinski definition) is 1. The molecule has 1 atom stereocenters. The summed E-state index contributed by atoms with van der Waals surface area (Å²) in [6.07, 6.45) is 0.550. The fourth-order valence-electron chi connectivity index (χ4n) is 3.49. The highest BCUT2D eigenvalue weighted by Crippen LogP contribution is 2.31. The predicted octanol–water partition coefficient (Wildman–Crippen LogP) is 0.170. The first kappa shape index (κ1) is 18.4. The molecular weight excluding hydrogens is 344 g/mol. The normalized spacial score (nSPS) is 23.1. The Labute approximate surface area is 150 Å². The van der Waals surface area contributed by atoms with Crippen LogP contribution in [0.1, 0.15) is 6.92 Å². The van der Waals surface area contributed by atoms with Crippen molar-refractivity contribution in [2.24, 2.45) is 0 Å². The molecule has 0 aromatic carbocycles. The zero-order chi connectivity index (χ0) is 18.9. The number of fused-ring (bicyclic) bond motifs is 1. The van der Waals surface area contributed by atoms with E-state index in [1.807, 2.05) is 14.0 Å². The van der Waals surface area contributed by atoms with E-state index in [0.29, 0.717) is 26.2 Å². The number of likely N-dealkylation sites (N-methyl/N-ethyl adjacent to an activating group) is 1. The van der Waals surface area contributed by atoms with Crippen molar-refractivity contribution in [3.05, 3.63) is 16.3 Å². The lowest BCUT2D eigenvalue weighted by molar-refractivity contribution is -0.389. The predicted molar refractivity (Wildman–Crippen MR) is 91.4 cm³/mol. The Bertz CT molecular complexity index is 661. The van der Waals surface area contributed by atoms with Crippen LogP contribution in [0.3, 0.4) is 0 Å². The minimum atomic E-state index is -0.856. The van der Waals surface area contributed by atoms with Gasteiger partial charge >= 0.3 is 17.9 Å². The molecule has 0 aliphatic carbocycles. The van der Waals surface area contributed by atoms with E-state index >= 15 is 0 Å². The molecule has 2 aliphatic heterocycles. The summed E-state index contributed by atoms with van der Waals surface area (Å²) in [4.78, 5) is 30.9. The fraction of sp³-hybridized carbons (Fsp3) is 0.733. The Morgan fingerprint density at radius 2 is 2.15 bits per heavy atom. The van der Waals surface area contributed by atoms with Crippen LogP contribution in [0.5, 0.6) is 6.01 Å². The molecule has 2 aliphatic rings. The SMILES string of the molecule is CN(CCN1CCN(C(=O)O)CC1)CC1(C)Cn2cc([N+](=O)[O-])nc2O1. The van der Waals surface area contributed by atoms with Crippen molar-refractivity contribution in [3.8, 4) is 6.01 Å². The van der Waals surface area contributed by atoms with Gasteiger partial charge in [-0.2, -0.15) is 0 Å². The number of aromatic nitrogens is 2. The second-order valence-electron chi connectivity index (χ2n) is 7.17. The first-order chi connectivity index (χ1) is 12.3. The van der Waals surface area contributed by atoms with E-state index < -0.39 is 16.6 Å². The van der Waals surface area contributed by atoms with Crippen LogP contribution in [0, 0.1) is 10.1 Å². The van der Waals surface area contributed by atoms with Gasteiger partial charge in [-0.1, -0.05) is 0 Å². The lowest BCUT2D eigenvalue weighted by Gasteiger charge is -2.35. The quantitative estimate of drug-likeness (QED) is 0.558. The molecule has 11 heteroatoms. The summed E-state index contributed by atoms with van der Waals surface area (Å²) in [5.41, 5.74) is -0.478. The molecule has 0 bridgehead atoms. The second kappa shape index (κ2) is 7.08. The molecule has 0 spiro atoms. The van der Waals surface area contributed by atoms with Crippen LogP contribution in [0.25, 0.3) is 0 Å². The standard InChI is InChI=1S/C15H24N6O5/c1-15(11-20-9-12(21(24)25)16-13(20)26-15)10-17(2)3-4-18-5-7-19(8-6-18)14(22)23/h9H,3-8,10-11H2,1-2H3,(H,22,23). The molecule has 11 nitrogen and oxygen atoms in total. The van der Waals surface area contributed by atoms with Gasteiger partial charge in [0, 0.05) is 50.8 Å². The molecule has 1 fully saturated rings. The number of carboxylic acid groups (broad SMARTS) is 1. The van der Waals surface area contributed by atoms with Gasteiger partial charge in [-0.25, -0.2) is 4.79 Å². The molecule has 1 saturated heterocycles. The van der Waals surface area contributed by atoms with E-state index in [9.17, 15) is 14.9 Å². The zero-order valence-corrected chi connectivity index (χ0v) is 15.0. The largest absolute Gasteiger partial charge is 0.465 e. The highest BCUT2D eigenvalue weighted by molar-refractivity contribution is 5.65. The van der Waals surface area contributed by atoms with Crippen molar-refractivity contribution >= 4 is 11.9 Å².